The van der Waals surface area contributed by atoms with E-state index >= 15 is 0 Å². The number of aliphatic hydroxyl groups excluding tert-OH is 4. The number of aliphatic carboxylic acids is 1. The molecule has 61 heavy (non-hydrogen) atoms. The van der Waals surface area contributed by atoms with E-state index in [9.17, 15) is 45.6 Å². The highest BCUT2D eigenvalue weighted by atomic mass is 16.7. The van der Waals surface area contributed by atoms with Crippen molar-refractivity contribution >= 4 is 35.3 Å². The summed E-state index contributed by atoms with van der Waals surface area (Å²) in [4.78, 5) is 25.5. The summed E-state index contributed by atoms with van der Waals surface area (Å²) >= 11 is 0. The average molecular weight is 842 g/mol. The van der Waals surface area contributed by atoms with Gasteiger partial charge in [-0.1, -0.05) is 43.5 Å². The fourth-order valence-electron chi connectivity index (χ4n) is 8.64. The van der Waals surface area contributed by atoms with Crippen LogP contribution in [0.4, 0.5) is 0 Å². The minimum absolute atomic E-state index is 0.0592. The lowest BCUT2D eigenvalue weighted by Gasteiger charge is -2.57. The summed E-state index contributed by atoms with van der Waals surface area (Å²) in [7, 11) is 0. The van der Waals surface area contributed by atoms with Crippen LogP contribution in [0.1, 0.15) is 54.9 Å². The summed E-state index contributed by atoms with van der Waals surface area (Å²) in [6.45, 7) is -0.287. The molecule has 5 aliphatic rings. The average Bonchev–Trinajstić information content (AvgIpc) is 3.96. The molecule has 4 heterocycles. The number of carboxylic acid groups (broad SMARTS) is 1. The Balaban J connectivity index is 1.09. The van der Waals surface area contributed by atoms with E-state index in [1.165, 1.54) is 30.6 Å². The van der Waals surface area contributed by atoms with Crippen molar-refractivity contribution in [1.29, 1.82) is 0 Å². The number of benzene rings is 3. The first-order valence-corrected chi connectivity index (χ1v) is 19.7. The topological polar surface area (TPSA) is 288 Å². The van der Waals surface area contributed by atoms with E-state index in [4.69, 9.17) is 29.1 Å². The molecular weight excluding hydrogens is 796 g/mol. The van der Waals surface area contributed by atoms with Gasteiger partial charge in [0.1, 0.15) is 72.0 Å². The van der Waals surface area contributed by atoms with Gasteiger partial charge in [-0.3, -0.25) is 10.4 Å². The molecule has 8 rings (SSSR count). The number of ether oxygens (including phenoxy) is 5. The minimum Gasteiger partial charge on any atom is -0.508 e. The number of phenolic OH excluding ortho intramolecular Hbond substituents is 2. The second-order valence-corrected chi connectivity index (χ2v) is 15.4. The van der Waals surface area contributed by atoms with Crippen molar-refractivity contribution in [3.8, 4) is 34.5 Å². The Hall–Kier alpha value is -6.31. The molecule has 18 nitrogen and oxygen atoms in total. The van der Waals surface area contributed by atoms with Crippen LogP contribution in [0.5, 0.6) is 34.5 Å². The van der Waals surface area contributed by atoms with E-state index in [0.717, 1.165) is 6.42 Å². The van der Waals surface area contributed by atoms with Crippen LogP contribution in [0.25, 0.3) is 5.76 Å². The van der Waals surface area contributed by atoms with Crippen molar-refractivity contribution in [2.75, 3.05) is 13.2 Å². The van der Waals surface area contributed by atoms with Crippen molar-refractivity contribution < 1.29 is 74.7 Å². The third-order valence-electron chi connectivity index (χ3n) is 11.7. The zero-order chi connectivity index (χ0) is 43.1. The number of amidine groups is 1. The zero-order valence-corrected chi connectivity index (χ0v) is 32.6. The molecule has 2 fully saturated rings. The number of rotatable bonds is 13. The van der Waals surface area contributed by atoms with Crippen LogP contribution in [-0.2, 0) is 16.1 Å². The lowest BCUT2D eigenvalue weighted by atomic mass is 9.55. The van der Waals surface area contributed by atoms with Gasteiger partial charge in [-0.2, -0.15) is 0 Å². The monoisotopic (exact) mass is 841 g/mol. The van der Waals surface area contributed by atoms with Crippen molar-refractivity contribution in [3.63, 3.8) is 0 Å². The number of nitrogens with two attached hydrogens (primary N) is 1. The standard InChI is InChI=1S/C43H44N4O14/c44-33-12-11-26(47-33)28(50)20-57-25-9-7-23(8-10-25)29-16-27(49)34-30(59-29)17-31(37(35(34)51)58-19-22-5-4-6-24(48)15-22)60-41-36(52)38(53)43(56,39(61-41)40(54)55)42(13-2-1-3-14-42)32-18-45-21-46-32/h4-12,15-17,21,28-29,36,38-39,41,44,48-53,56H,1-3,13-14,18-20H2,(H,54,55)/p+1. The number of fused-ring (bicyclic) bond motifs is 1. The van der Waals surface area contributed by atoms with E-state index in [1.54, 1.807) is 48.6 Å². The number of aromatic hydroxyl groups is 2. The molecule has 10 N–H and O–H groups in total. The van der Waals surface area contributed by atoms with Gasteiger partial charge < -0.3 is 64.5 Å². The lowest BCUT2D eigenvalue weighted by molar-refractivity contribution is -0.326. The van der Waals surface area contributed by atoms with E-state index < -0.39 is 71.1 Å². The molecule has 7 unspecified atom stereocenters. The molecule has 320 valence electrons. The van der Waals surface area contributed by atoms with Crippen LogP contribution in [0.15, 0.2) is 87.8 Å². The van der Waals surface area contributed by atoms with Crippen LogP contribution in [-0.4, -0.2) is 120 Å². The highest BCUT2D eigenvalue weighted by molar-refractivity contribution is 6.14. The number of hydrogen-bond donors (Lipinski definition) is 9. The normalized spacial score (nSPS) is 27.0. The van der Waals surface area contributed by atoms with E-state index in [0.29, 0.717) is 41.1 Å². The quantitative estimate of drug-likeness (QED) is 0.118. The predicted octanol–water partition coefficient (Wildman–Crippen LogP) is 1.69. The summed E-state index contributed by atoms with van der Waals surface area (Å²) in [6.07, 6.45) is -2.02. The first-order chi connectivity index (χ1) is 29.3. The number of carboxylic acids is 1. The van der Waals surface area contributed by atoms with Gasteiger partial charge in [0.15, 0.2) is 29.4 Å². The number of aliphatic hydroxyl groups is 5. The molecule has 3 aromatic rings. The molecule has 1 aliphatic carbocycles. The SMILES string of the molecule is [NH2+]=C1C=CC(C(O)COc2ccc(C3C=C(O)c4c(cc(OC5OC(C(=O)O)C(O)(C6(C7=NC=NC7)CCCCC6)C(O)C5O)c(OCc5cccc(O)c5)c4O)O3)cc2)=N1. The van der Waals surface area contributed by atoms with Gasteiger partial charge >= 0.3 is 11.8 Å². The maximum Gasteiger partial charge on any atom is 0.336 e. The van der Waals surface area contributed by atoms with Crippen molar-refractivity contribution in [2.24, 2.45) is 20.4 Å². The maximum absolute atomic E-state index is 13.0. The Morgan fingerprint density at radius 2 is 1.77 bits per heavy atom. The number of nitrogens with zero attached hydrogens (tertiary/aromatic N) is 3. The highest BCUT2D eigenvalue weighted by Gasteiger charge is 2.69. The fourth-order valence-corrected chi connectivity index (χ4v) is 8.64. The van der Waals surface area contributed by atoms with Gasteiger partial charge in [-0.15, -0.1) is 0 Å². The highest BCUT2D eigenvalue weighted by Crippen LogP contribution is 2.55. The van der Waals surface area contributed by atoms with Crippen LogP contribution >= 0.6 is 0 Å². The van der Waals surface area contributed by atoms with Crippen molar-refractivity contribution in [1.82, 2.24) is 0 Å². The van der Waals surface area contributed by atoms with Crippen molar-refractivity contribution in [2.45, 2.75) is 81.1 Å². The summed E-state index contributed by atoms with van der Waals surface area (Å²) in [5.41, 5.74) is -2.45. The molecule has 4 aliphatic heterocycles. The fraction of sp³-hybridized carbons (Fsp3) is 0.372. The van der Waals surface area contributed by atoms with Crippen LogP contribution in [0, 0.1) is 5.41 Å². The Labute approximate surface area is 348 Å². The van der Waals surface area contributed by atoms with E-state index in [1.807, 2.05) is 0 Å². The first-order valence-electron chi connectivity index (χ1n) is 19.7. The van der Waals surface area contributed by atoms with Gasteiger partial charge in [0.25, 0.3) is 0 Å². The third kappa shape index (κ3) is 7.68. The van der Waals surface area contributed by atoms with Crippen LogP contribution < -0.4 is 24.4 Å². The Morgan fingerprint density at radius 1 is 1.00 bits per heavy atom. The molecule has 3 aromatic carbocycles. The second kappa shape index (κ2) is 16.6. The van der Waals surface area contributed by atoms with Crippen LogP contribution in [0.2, 0.25) is 0 Å². The number of hydrogen-bond acceptors (Lipinski definition) is 15. The van der Waals surface area contributed by atoms with Gasteiger partial charge in [0.2, 0.25) is 12.0 Å². The molecule has 0 amide bonds. The smallest absolute Gasteiger partial charge is 0.336 e. The molecule has 0 aromatic heterocycles. The number of aliphatic imine (C=N–C) groups is 3. The van der Waals surface area contributed by atoms with E-state index in [-0.39, 0.29) is 61.2 Å². The maximum atomic E-state index is 13.0. The van der Waals surface area contributed by atoms with Gasteiger partial charge in [-0.05, 0) is 59.3 Å². The summed E-state index contributed by atoms with van der Waals surface area (Å²) < 4.78 is 30.0. The Kier molecular flexibility index (Phi) is 11.3. The largest absolute Gasteiger partial charge is 0.508 e. The van der Waals surface area contributed by atoms with Gasteiger partial charge in [0, 0.05) is 23.6 Å². The van der Waals surface area contributed by atoms with Crippen molar-refractivity contribution in [3.05, 3.63) is 89.5 Å². The molecule has 0 bridgehead atoms. The molecule has 0 spiro atoms. The van der Waals surface area contributed by atoms with Gasteiger partial charge in [0.05, 0.1) is 12.3 Å². The van der Waals surface area contributed by atoms with Gasteiger partial charge in [-0.25, -0.2) is 9.79 Å². The molecule has 0 radical (unpaired) electrons. The molecule has 7 atom stereocenters. The minimum atomic E-state index is -2.58. The first kappa shape index (κ1) is 41.4. The molecule has 1 saturated carbocycles. The zero-order valence-electron chi connectivity index (χ0n) is 32.6. The number of phenols is 2. The molecule has 18 heteroatoms. The Bertz CT molecular complexity index is 2350. The summed E-state index contributed by atoms with van der Waals surface area (Å²) in [5, 5.41) is 95.7. The Morgan fingerprint density at radius 3 is 2.44 bits per heavy atom. The van der Waals surface area contributed by atoms with Crippen LogP contribution in [0.3, 0.4) is 0 Å². The predicted molar refractivity (Wildman–Crippen MR) is 216 cm³/mol. The lowest BCUT2D eigenvalue weighted by Crippen LogP contribution is -2.76. The summed E-state index contributed by atoms with van der Waals surface area (Å²) in [5.74, 6) is -2.96. The molecule has 1 saturated heterocycles. The molecular formula is C43H45N4O14+. The van der Waals surface area contributed by atoms with E-state index in [2.05, 4.69) is 15.0 Å². The number of carbonyl (C=O) groups is 1. The summed E-state index contributed by atoms with van der Waals surface area (Å²) in [6, 6.07) is 13.9. The third-order valence-corrected chi connectivity index (χ3v) is 11.7. The second-order valence-electron chi connectivity index (χ2n) is 15.4.